The molecule has 0 saturated heterocycles. The molecule has 0 aromatic heterocycles. The molecule has 0 aliphatic heterocycles. The third kappa shape index (κ3) is 3.77. The molecule has 0 amide bonds. The topological polar surface area (TPSA) is 30.5 Å². The van der Waals surface area contributed by atoms with Crippen molar-refractivity contribution in [1.82, 2.24) is 5.32 Å². The first-order chi connectivity index (χ1) is 8.62. The third-order valence-corrected chi connectivity index (χ3v) is 3.02. The van der Waals surface area contributed by atoms with Gasteiger partial charge in [0.15, 0.2) is 0 Å². The van der Waals surface area contributed by atoms with Crippen LogP contribution >= 0.6 is 0 Å². The number of allylic oxidation sites excluding steroid dienone is 1. The van der Waals surface area contributed by atoms with E-state index in [4.69, 9.17) is 9.47 Å². The Kier molecular flexibility index (Phi) is 5.72. The minimum Gasteiger partial charge on any atom is -0.497 e. The Labute approximate surface area is 110 Å². The van der Waals surface area contributed by atoms with E-state index in [9.17, 15) is 0 Å². The maximum Gasteiger partial charge on any atom is 0.123 e. The molecule has 18 heavy (non-hydrogen) atoms. The van der Waals surface area contributed by atoms with E-state index in [0.717, 1.165) is 29.9 Å². The lowest BCUT2D eigenvalue weighted by molar-refractivity contribution is 0.389. The molecule has 0 heterocycles. The number of methoxy groups -OCH3 is 2. The van der Waals surface area contributed by atoms with Crippen LogP contribution in [-0.4, -0.2) is 21.3 Å². The number of hydrogen-bond donors (Lipinski definition) is 1. The first-order valence-corrected chi connectivity index (χ1v) is 6.16. The monoisotopic (exact) mass is 249 g/mol. The summed E-state index contributed by atoms with van der Waals surface area (Å²) in [4.78, 5) is 0. The van der Waals surface area contributed by atoms with Gasteiger partial charge in [0.1, 0.15) is 11.5 Å². The summed E-state index contributed by atoms with van der Waals surface area (Å²) in [6.45, 7) is 6.00. The van der Waals surface area contributed by atoms with Crippen molar-refractivity contribution < 1.29 is 9.47 Å². The van der Waals surface area contributed by atoms with Crippen LogP contribution in [0.15, 0.2) is 30.4 Å². The minimum atomic E-state index is 0.242. The van der Waals surface area contributed by atoms with Crippen molar-refractivity contribution in [2.45, 2.75) is 25.8 Å². The van der Waals surface area contributed by atoms with Crippen molar-refractivity contribution in [1.29, 1.82) is 0 Å². The SMILES string of the molecule is C=C(C)CCC(NC)c1cc(OC)ccc1OC. The van der Waals surface area contributed by atoms with E-state index in [-0.39, 0.29) is 6.04 Å². The summed E-state index contributed by atoms with van der Waals surface area (Å²) in [5.41, 5.74) is 2.32. The van der Waals surface area contributed by atoms with Gasteiger partial charge in [0.25, 0.3) is 0 Å². The predicted molar refractivity (Wildman–Crippen MR) is 75.4 cm³/mol. The molecule has 0 fully saturated rings. The summed E-state index contributed by atoms with van der Waals surface area (Å²) in [5.74, 6) is 1.73. The van der Waals surface area contributed by atoms with Crippen molar-refractivity contribution in [2.24, 2.45) is 0 Å². The Morgan fingerprint density at radius 3 is 2.56 bits per heavy atom. The highest BCUT2D eigenvalue weighted by molar-refractivity contribution is 5.42. The van der Waals surface area contributed by atoms with E-state index in [1.807, 2.05) is 25.2 Å². The van der Waals surface area contributed by atoms with E-state index in [1.165, 1.54) is 5.57 Å². The Bertz CT molecular complexity index is 401. The van der Waals surface area contributed by atoms with E-state index in [1.54, 1.807) is 14.2 Å². The summed E-state index contributed by atoms with van der Waals surface area (Å²) < 4.78 is 10.7. The van der Waals surface area contributed by atoms with Gasteiger partial charge in [0.2, 0.25) is 0 Å². The Morgan fingerprint density at radius 1 is 1.33 bits per heavy atom. The number of ether oxygens (including phenoxy) is 2. The van der Waals surface area contributed by atoms with Crippen molar-refractivity contribution in [3.05, 3.63) is 35.9 Å². The number of hydrogen-bond acceptors (Lipinski definition) is 3. The predicted octanol–water partition coefficient (Wildman–Crippen LogP) is 3.32. The fourth-order valence-corrected chi connectivity index (χ4v) is 1.96. The quantitative estimate of drug-likeness (QED) is 0.752. The lowest BCUT2D eigenvalue weighted by atomic mass is 9.99. The van der Waals surface area contributed by atoms with Gasteiger partial charge in [-0.25, -0.2) is 0 Å². The molecular formula is C15H23NO2. The van der Waals surface area contributed by atoms with Gasteiger partial charge in [0.05, 0.1) is 14.2 Å². The summed E-state index contributed by atoms with van der Waals surface area (Å²) in [6, 6.07) is 6.12. The highest BCUT2D eigenvalue weighted by atomic mass is 16.5. The molecule has 1 atom stereocenters. The molecule has 0 aliphatic carbocycles. The van der Waals surface area contributed by atoms with Gasteiger partial charge in [-0.2, -0.15) is 0 Å². The molecular weight excluding hydrogens is 226 g/mol. The average Bonchev–Trinajstić information content (AvgIpc) is 2.38. The molecule has 3 nitrogen and oxygen atoms in total. The van der Waals surface area contributed by atoms with Crippen LogP contribution in [0, 0.1) is 0 Å². The van der Waals surface area contributed by atoms with Crippen molar-refractivity contribution in [3.63, 3.8) is 0 Å². The molecule has 0 aliphatic rings. The summed E-state index contributed by atoms with van der Waals surface area (Å²) in [7, 11) is 5.33. The lowest BCUT2D eigenvalue weighted by Gasteiger charge is -2.20. The second-order valence-corrected chi connectivity index (χ2v) is 4.44. The zero-order valence-corrected chi connectivity index (χ0v) is 11.7. The Balaban J connectivity index is 2.97. The molecule has 100 valence electrons. The molecule has 0 spiro atoms. The van der Waals surface area contributed by atoms with Crippen LogP contribution in [-0.2, 0) is 0 Å². The maximum absolute atomic E-state index is 5.42. The van der Waals surface area contributed by atoms with E-state index >= 15 is 0 Å². The standard InChI is InChI=1S/C15H23NO2/c1-11(2)6-8-14(16-3)13-10-12(17-4)7-9-15(13)18-5/h7,9-10,14,16H,1,6,8H2,2-5H3. The number of nitrogens with one attached hydrogen (secondary N) is 1. The zero-order valence-electron chi connectivity index (χ0n) is 11.7. The van der Waals surface area contributed by atoms with Gasteiger partial charge >= 0.3 is 0 Å². The number of benzene rings is 1. The first kappa shape index (κ1) is 14.6. The van der Waals surface area contributed by atoms with E-state index in [0.29, 0.717) is 0 Å². The van der Waals surface area contributed by atoms with Crippen LogP contribution in [0.25, 0.3) is 0 Å². The fourth-order valence-electron chi connectivity index (χ4n) is 1.96. The second kappa shape index (κ2) is 7.07. The van der Waals surface area contributed by atoms with Gasteiger partial charge in [-0.3, -0.25) is 0 Å². The molecule has 0 saturated carbocycles. The van der Waals surface area contributed by atoms with Gasteiger partial charge < -0.3 is 14.8 Å². The van der Waals surface area contributed by atoms with Gasteiger partial charge in [-0.05, 0) is 45.0 Å². The molecule has 3 heteroatoms. The minimum absolute atomic E-state index is 0.242. The van der Waals surface area contributed by atoms with Crippen molar-refractivity contribution in [3.8, 4) is 11.5 Å². The molecule has 1 unspecified atom stereocenters. The van der Waals surface area contributed by atoms with Crippen molar-refractivity contribution in [2.75, 3.05) is 21.3 Å². The molecule has 1 aromatic rings. The van der Waals surface area contributed by atoms with Crippen LogP contribution in [0.2, 0.25) is 0 Å². The van der Waals surface area contributed by atoms with Crippen molar-refractivity contribution >= 4 is 0 Å². The molecule has 1 N–H and O–H groups in total. The summed E-state index contributed by atoms with van der Waals surface area (Å²) in [6.07, 6.45) is 1.99. The van der Waals surface area contributed by atoms with Crippen LogP contribution in [0.3, 0.4) is 0 Å². The molecule has 0 radical (unpaired) electrons. The molecule has 1 aromatic carbocycles. The van der Waals surface area contributed by atoms with Gasteiger partial charge in [0, 0.05) is 11.6 Å². The highest BCUT2D eigenvalue weighted by Gasteiger charge is 2.15. The third-order valence-electron chi connectivity index (χ3n) is 3.02. The van der Waals surface area contributed by atoms with Crippen LogP contribution in [0.5, 0.6) is 11.5 Å². The second-order valence-electron chi connectivity index (χ2n) is 4.44. The zero-order chi connectivity index (χ0) is 13.5. The molecule has 1 rings (SSSR count). The van der Waals surface area contributed by atoms with Crippen LogP contribution < -0.4 is 14.8 Å². The fraction of sp³-hybridized carbons (Fsp3) is 0.467. The normalized spacial score (nSPS) is 12.0. The highest BCUT2D eigenvalue weighted by Crippen LogP contribution is 2.31. The largest absolute Gasteiger partial charge is 0.497 e. The first-order valence-electron chi connectivity index (χ1n) is 6.16. The lowest BCUT2D eigenvalue weighted by Crippen LogP contribution is -2.17. The summed E-state index contributed by atoms with van der Waals surface area (Å²) in [5, 5.41) is 3.32. The van der Waals surface area contributed by atoms with E-state index in [2.05, 4.69) is 18.8 Å². The smallest absolute Gasteiger partial charge is 0.123 e. The molecule has 0 bridgehead atoms. The Hall–Kier alpha value is -1.48. The van der Waals surface area contributed by atoms with Gasteiger partial charge in [-0.15, -0.1) is 6.58 Å². The van der Waals surface area contributed by atoms with Crippen LogP contribution in [0.4, 0.5) is 0 Å². The maximum atomic E-state index is 5.42. The number of rotatable bonds is 7. The Morgan fingerprint density at radius 2 is 2.06 bits per heavy atom. The van der Waals surface area contributed by atoms with Gasteiger partial charge in [-0.1, -0.05) is 5.57 Å². The summed E-state index contributed by atoms with van der Waals surface area (Å²) >= 11 is 0. The van der Waals surface area contributed by atoms with E-state index < -0.39 is 0 Å². The average molecular weight is 249 g/mol. The van der Waals surface area contributed by atoms with Crippen LogP contribution in [0.1, 0.15) is 31.4 Å².